The quantitative estimate of drug-likeness (QED) is 0.572. The number of ether oxygens (including phenoxy) is 1. The standard InChI is InChI=1S/C26H21FN2O3/c1-32-22-9-5-3-7-19(22)16-29-25(30)23(18-10-12-20(27)13-11-18)24(26(29)31)28-15-14-17-6-2-4-8-21(17)28/h2-13H,14-16H2,1H3. The van der Waals surface area contributed by atoms with Crippen molar-refractivity contribution in [1.29, 1.82) is 0 Å². The molecule has 2 amide bonds. The number of benzene rings is 3. The molecule has 3 aromatic carbocycles. The molecule has 0 fully saturated rings. The van der Waals surface area contributed by atoms with Gasteiger partial charge in [-0.2, -0.15) is 0 Å². The number of imide groups is 1. The Kier molecular flexibility index (Phi) is 4.98. The summed E-state index contributed by atoms with van der Waals surface area (Å²) >= 11 is 0. The van der Waals surface area contributed by atoms with Crippen LogP contribution in [0.15, 0.2) is 78.5 Å². The van der Waals surface area contributed by atoms with Gasteiger partial charge in [0.05, 0.1) is 19.2 Å². The van der Waals surface area contributed by atoms with Crippen LogP contribution in [0.25, 0.3) is 5.57 Å². The van der Waals surface area contributed by atoms with Crippen LogP contribution >= 0.6 is 0 Å². The van der Waals surface area contributed by atoms with Crippen molar-refractivity contribution in [2.75, 3.05) is 18.6 Å². The molecular weight excluding hydrogens is 407 g/mol. The molecule has 6 heteroatoms. The summed E-state index contributed by atoms with van der Waals surface area (Å²) in [5.74, 6) is -0.551. The second-order valence-corrected chi connectivity index (χ2v) is 7.77. The molecule has 0 spiro atoms. The van der Waals surface area contributed by atoms with Gasteiger partial charge in [-0.15, -0.1) is 0 Å². The molecule has 0 bridgehead atoms. The maximum absolute atomic E-state index is 13.7. The number of para-hydroxylation sites is 2. The topological polar surface area (TPSA) is 49.9 Å². The number of hydrogen-bond donors (Lipinski definition) is 0. The first-order valence-electron chi connectivity index (χ1n) is 10.4. The highest BCUT2D eigenvalue weighted by Gasteiger charge is 2.43. The first-order chi connectivity index (χ1) is 15.6. The van der Waals surface area contributed by atoms with E-state index in [1.165, 1.54) is 17.0 Å². The summed E-state index contributed by atoms with van der Waals surface area (Å²) in [7, 11) is 1.56. The highest BCUT2D eigenvalue weighted by atomic mass is 19.1. The zero-order valence-electron chi connectivity index (χ0n) is 17.5. The van der Waals surface area contributed by atoms with Crippen LogP contribution in [0.1, 0.15) is 16.7 Å². The lowest BCUT2D eigenvalue weighted by Crippen LogP contribution is -2.34. The zero-order valence-corrected chi connectivity index (χ0v) is 17.5. The highest BCUT2D eigenvalue weighted by molar-refractivity contribution is 6.36. The normalized spacial score (nSPS) is 15.6. The third kappa shape index (κ3) is 3.24. The van der Waals surface area contributed by atoms with Crippen molar-refractivity contribution in [2.45, 2.75) is 13.0 Å². The van der Waals surface area contributed by atoms with Crippen molar-refractivity contribution in [2.24, 2.45) is 0 Å². The van der Waals surface area contributed by atoms with Crippen LogP contribution in [0.5, 0.6) is 5.75 Å². The predicted molar refractivity (Wildman–Crippen MR) is 119 cm³/mol. The first kappa shape index (κ1) is 20.0. The fourth-order valence-corrected chi connectivity index (χ4v) is 4.41. The van der Waals surface area contributed by atoms with E-state index in [2.05, 4.69) is 0 Å². The Bertz CT molecular complexity index is 1250. The molecule has 0 aliphatic carbocycles. The van der Waals surface area contributed by atoms with Crippen molar-refractivity contribution in [3.8, 4) is 5.75 Å². The van der Waals surface area contributed by atoms with Gasteiger partial charge in [-0.1, -0.05) is 48.5 Å². The van der Waals surface area contributed by atoms with Gasteiger partial charge in [-0.3, -0.25) is 14.5 Å². The maximum Gasteiger partial charge on any atom is 0.278 e. The number of amides is 2. The minimum Gasteiger partial charge on any atom is -0.496 e. The van der Waals surface area contributed by atoms with E-state index < -0.39 is 11.7 Å². The van der Waals surface area contributed by atoms with Gasteiger partial charge in [0.1, 0.15) is 17.3 Å². The van der Waals surface area contributed by atoms with Gasteiger partial charge in [0.25, 0.3) is 11.8 Å². The molecule has 5 rings (SSSR count). The van der Waals surface area contributed by atoms with Crippen LogP contribution in [0.4, 0.5) is 10.1 Å². The average Bonchev–Trinajstić information content (AvgIpc) is 3.34. The van der Waals surface area contributed by atoms with Gasteiger partial charge in [-0.05, 0) is 41.8 Å². The van der Waals surface area contributed by atoms with E-state index >= 15 is 0 Å². The Labute approximate surface area is 185 Å². The lowest BCUT2D eigenvalue weighted by atomic mass is 10.0. The summed E-state index contributed by atoms with van der Waals surface area (Å²) in [5.41, 5.74) is 3.93. The number of methoxy groups -OCH3 is 1. The van der Waals surface area contributed by atoms with Crippen LogP contribution < -0.4 is 9.64 Å². The summed E-state index contributed by atoms with van der Waals surface area (Å²) in [5, 5.41) is 0. The van der Waals surface area contributed by atoms with Gasteiger partial charge in [0, 0.05) is 17.8 Å². The number of carbonyl (C=O) groups is 2. The second-order valence-electron chi connectivity index (χ2n) is 7.77. The summed E-state index contributed by atoms with van der Waals surface area (Å²) in [6.45, 7) is 0.687. The molecule has 0 saturated heterocycles. The first-order valence-corrected chi connectivity index (χ1v) is 10.4. The Hall–Kier alpha value is -3.93. The van der Waals surface area contributed by atoms with E-state index in [9.17, 15) is 14.0 Å². The zero-order chi connectivity index (χ0) is 22.2. The van der Waals surface area contributed by atoms with Crippen molar-refractivity contribution < 1.29 is 18.7 Å². The maximum atomic E-state index is 13.7. The molecule has 5 nitrogen and oxygen atoms in total. The van der Waals surface area contributed by atoms with Crippen molar-refractivity contribution >= 4 is 23.1 Å². The van der Waals surface area contributed by atoms with E-state index in [4.69, 9.17) is 4.74 Å². The number of anilines is 1. The number of fused-ring (bicyclic) bond motifs is 1. The Morgan fingerprint density at radius 1 is 0.906 bits per heavy atom. The molecule has 2 heterocycles. The van der Waals surface area contributed by atoms with Crippen molar-refractivity contribution in [3.05, 3.63) is 101 Å². The number of halogens is 1. The highest BCUT2D eigenvalue weighted by Crippen LogP contribution is 2.39. The molecule has 0 aromatic heterocycles. The Balaban J connectivity index is 1.61. The van der Waals surface area contributed by atoms with E-state index in [0.29, 0.717) is 29.1 Å². The fourth-order valence-electron chi connectivity index (χ4n) is 4.41. The lowest BCUT2D eigenvalue weighted by molar-refractivity contribution is -0.137. The summed E-state index contributed by atoms with van der Waals surface area (Å²) in [6, 6.07) is 20.9. The number of carbonyl (C=O) groups excluding carboxylic acids is 2. The van der Waals surface area contributed by atoms with Crippen LogP contribution in [0.2, 0.25) is 0 Å². The van der Waals surface area contributed by atoms with E-state index in [-0.39, 0.29) is 12.5 Å². The van der Waals surface area contributed by atoms with Crippen LogP contribution in [0.3, 0.4) is 0 Å². The molecule has 2 aliphatic heterocycles. The summed E-state index contributed by atoms with van der Waals surface area (Å²) < 4.78 is 19.0. The van der Waals surface area contributed by atoms with Gasteiger partial charge in [0.2, 0.25) is 0 Å². The van der Waals surface area contributed by atoms with Crippen LogP contribution in [-0.2, 0) is 22.6 Å². The molecule has 2 aliphatic rings. The third-order valence-electron chi connectivity index (χ3n) is 5.95. The fraction of sp³-hybridized carbons (Fsp3) is 0.154. The molecule has 3 aromatic rings. The van der Waals surface area contributed by atoms with Gasteiger partial charge in [-0.25, -0.2) is 4.39 Å². The molecule has 0 atom stereocenters. The number of nitrogens with zero attached hydrogens (tertiary/aromatic N) is 2. The molecular formula is C26H21FN2O3. The van der Waals surface area contributed by atoms with Gasteiger partial charge in [0.15, 0.2) is 0 Å². The average molecular weight is 428 g/mol. The van der Waals surface area contributed by atoms with Crippen molar-refractivity contribution in [1.82, 2.24) is 4.90 Å². The van der Waals surface area contributed by atoms with E-state index in [1.54, 1.807) is 25.3 Å². The Morgan fingerprint density at radius 2 is 1.62 bits per heavy atom. The Morgan fingerprint density at radius 3 is 2.41 bits per heavy atom. The molecule has 160 valence electrons. The SMILES string of the molecule is COc1ccccc1CN1C(=O)C(c2ccc(F)cc2)=C(N2CCc3ccccc32)C1=O. The van der Waals surface area contributed by atoms with E-state index in [1.807, 2.05) is 47.4 Å². The van der Waals surface area contributed by atoms with E-state index in [0.717, 1.165) is 23.2 Å². The minimum atomic E-state index is -0.398. The van der Waals surface area contributed by atoms with Gasteiger partial charge < -0.3 is 9.64 Å². The molecule has 0 saturated carbocycles. The van der Waals surface area contributed by atoms with Crippen LogP contribution in [0, 0.1) is 5.82 Å². The lowest BCUT2D eigenvalue weighted by Gasteiger charge is -2.22. The molecule has 0 unspecified atom stereocenters. The third-order valence-corrected chi connectivity index (χ3v) is 5.95. The smallest absolute Gasteiger partial charge is 0.278 e. The largest absolute Gasteiger partial charge is 0.496 e. The van der Waals surface area contributed by atoms with Crippen LogP contribution in [-0.4, -0.2) is 30.4 Å². The summed E-state index contributed by atoms with van der Waals surface area (Å²) in [4.78, 5) is 30.4. The molecule has 0 radical (unpaired) electrons. The monoisotopic (exact) mass is 428 g/mol. The van der Waals surface area contributed by atoms with Gasteiger partial charge >= 0.3 is 0 Å². The number of rotatable bonds is 5. The second kappa shape index (κ2) is 7.96. The minimum absolute atomic E-state index is 0.0887. The molecule has 32 heavy (non-hydrogen) atoms. The number of hydrogen-bond acceptors (Lipinski definition) is 4. The summed E-state index contributed by atoms with van der Waals surface area (Å²) in [6.07, 6.45) is 0.782. The predicted octanol–water partition coefficient (Wildman–Crippen LogP) is 4.18. The molecule has 0 N–H and O–H groups in total. The van der Waals surface area contributed by atoms with Crippen molar-refractivity contribution in [3.63, 3.8) is 0 Å².